The van der Waals surface area contributed by atoms with E-state index in [9.17, 15) is 4.79 Å². The van der Waals surface area contributed by atoms with Crippen LogP contribution in [0.1, 0.15) is 6.92 Å². The van der Waals surface area contributed by atoms with Gasteiger partial charge in [-0.2, -0.15) is 0 Å². The number of hydrogen-bond donors (Lipinski definition) is 1. The number of hydrogen-bond acceptors (Lipinski definition) is 3. The van der Waals surface area contributed by atoms with Crippen LogP contribution in [0.2, 0.25) is 0 Å². The molecule has 0 aromatic heterocycles. The third kappa shape index (κ3) is 0.869. The number of ketones is 1. The molecule has 1 N–H and O–H groups in total. The molecule has 0 aromatic carbocycles. The van der Waals surface area contributed by atoms with Crippen molar-refractivity contribution in [3.8, 4) is 0 Å². The van der Waals surface area contributed by atoms with Crippen LogP contribution >= 0.6 is 0 Å². The average molecular weight is 113 g/mol. The quantitative estimate of drug-likeness (QED) is 0.520. The fourth-order valence-corrected chi connectivity index (χ4v) is 0.488. The average Bonchev–Trinajstić information content (AvgIpc) is 2.12. The third-order valence-corrected chi connectivity index (χ3v) is 0.972. The van der Waals surface area contributed by atoms with Gasteiger partial charge in [0.2, 0.25) is 0 Å². The normalized spacial score (nSPS) is 25.4. The highest BCUT2D eigenvalue weighted by Gasteiger charge is 2.13. The Morgan fingerprint density at radius 3 is 2.88 bits per heavy atom. The number of Topliss-reactive ketones (excluding diaryl/α,β-unsaturated/α-hetero) is 1. The van der Waals surface area contributed by atoms with Crippen molar-refractivity contribution in [1.82, 2.24) is 5.48 Å². The summed E-state index contributed by atoms with van der Waals surface area (Å²) in [5.74, 6) is 0.0683. The van der Waals surface area contributed by atoms with Gasteiger partial charge in [0.15, 0.2) is 5.78 Å². The Balaban J connectivity index is 2.48. The van der Waals surface area contributed by atoms with Gasteiger partial charge in [0.1, 0.15) is 12.3 Å². The van der Waals surface area contributed by atoms with Crippen molar-refractivity contribution >= 4 is 5.78 Å². The Labute approximate surface area is 47.3 Å². The van der Waals surface area contributed by atoms with E-state index in [0.29, 0.717) is 0 Å². The van der Waals surface area contributed by atoms with Crippen LogP contribution in [0.5, 0.6) is 0 Å². The third-order valence-electron chi connectivity index (χ3n) is 0.972. The molecule has 0 aliphatic carbocycles. The van der Waals surface area contributed by atoms with Crippen molar-refractivity contribution in [1.29, 1.82) is 0 Å². The molecule has 0 saturated carbocycles. The lowest BCUT2D eigenvalue weighted by molar-refractivity contribution is -0.119. The molecule has 0 saturated heterocycles. The highest BCUT2D eigenvalue weighted by Crippen LogP contribution is 1.95. The lowest BCUT2D eigenvalue weighted by Crippen LogP contribution is -2.27. The Kier molecular flexibility index (Phi) is 1.30. The van der Waals surface area contributed by atoms with Crippen molar-refractivity contribution in [2.75, 3.05) is 0 Å². The fourth-order valence-electron chi connectivity index (χ4n) is 0.488. The minimum atomic E-state index is -0.227. The van der Waals surface area contributed by atoms with E-state index in [0.717, 1.165) is 0 Å². The zero-order valence-electron chi connectivity index (χ0n) is 4.55. The van der Waals surface area contributed by atoms with E-state index < -0.39 is 0 Å². The summed E-state index contributed by atoms with van der Waals surface area (Å²) in [5.41, 5.74) is 2.50. The van der Waals surface area contributed by atoms with Gasteiger partial charge in [0.05, 0.1) is 0 Å². The minimum Gasteiger partial charge on any atom is -0.416 e. The van der Waals surface area contributed by atoms with Crippen LogP contribution in [-0.4, -0.2) is 11.8 Å². The molecule has 0 aromatic rings. The summed E-state index contributed by atoms with van der Waals surface area (Å²) in [6, 6.07) is -0.227. The van der Waals surface area contributed by atoms with E-state index in [1.165, 1.54) is 13.2 Å². The van der Waals surface area contributed by atoms with E-state index >= 15 is 0 Å². The van der Waals surface area contributed by atoms with E-state index in [1.807, 2.05) is 0 Å². The number of rotatable bonds is 1. The van der Waals surface area contributed by atoms with Gasteiger partial charge in [-0.25, -0.2) is 0 Å². The number of carbonyl (C=O) groups excluding carboxylic acids is 1. The van der Waals surface area contributed by atoms with Gasteiger partial charge in [-0.15, -0.1) is 5.48 Å². The second kappa shape index (κ2) is 1.96. The van der Waals surface area contributed by atoms with Crippen LogP contribution in [-0.2, 0) is 9.63 Å². The summed E-state index contributed by atoms with van der Waals surface area (Å²) in [7, 11) is 0. The summed E-state index contributed by atoms with van der Waals surface area (Å²) >= 11 is 0. The molecule has 1 aliphatic heterocycles. The summed E-state index contributed by atoms with van der Waals surface area (Å²) < 4.78 is 0. The summed E-state index contributed by atoms with van der Waals surface area (Å²) in [6.07, 6.45) is 3.13. The molecule has 1 unspecified atom stereocenters. The lowest BCUT2D eigenvalue weighted by Gasteiger charge is -1.99. The molecule has 3 heteroatoms. The van der Waals surface area contributed by atoms with Crippen molar-refractivity contribution < 1.29 is 9.63 Å². The first-order chi connectivity index (χ1) is 3.80. The Bertz CT molecular complexity index is 130. The molecule has 0 fully saturated rings. The van der Waals surface area contributed by atoms with Crippen LogP contribution < -0.4 is 5.48 Å². The highest BCUT2D eigenvalue weighted by atomic mass is 16.6. The monoisotopic (exact) mass is 113 g/mol. The summed E-state index contributed by atoms with van der Waals surface area (Å²) in [6.45, 7) is 1.51. The molecule has 1 rings (SSSR count). The molecular weight excluding hydrogens is 106 g/mol. The maximum Gasteiger partial charge on any atom is 0.154 e. The van der Waals surface area contributed by atoms with Crippen LogP contribution in [0, 0.1) is 0 Å². The first kappa shape index (κ1) is 5.31. The Morgan fingerprint density at radius 2 is 2.62 bits per heavy atom. The first-order valence-corrected chi connectivity index (χ1v) is 2.39. The van der Waals surface area contributed by atoms with Crippen LogP contribution in [0.25, 0.3) is 0 Å². The van der Waals surface area contributed by atoms with Gasteiger partial charge in [0, 0.05) is 0 Å². The van der Waals surface area contributed by atoms with Gasteiger partial charge in [0.25, 0.3) is 0 Å². The lowest BCUT2D eigenvalue weighted by atomic mass is 10.2. The van der Waals surface area contributed by atoms with Crippen molar-refractivity contribution in [2.24, 2.45) is 0 Å². The second-order valence-electron chi connectivity index (χ2n) is 1.65. The van der Waals surface area contributed by atoms with E-state index in [-0.39, 0.29) is 11.8 Å². The van der Waals surface area contributed by atoms with Gasteiger partial charge >= 0.3 is 0 Å². The summed E-state index contributed by atoms with van der Waals surface area (Å²) in [4.78, 5) is 15.0. The van der Waals surface area contributed by atoms with Crippen LogP contribution in [0.4, 0.5) is 0 Å². The molecule has 8 heavy (non-hydrogen) atoms. The van der Waals surface area contributed by atoms with Gasteiger partial charge in [-0.3, -0.25) is 4.79 Å². The number of hydroxylamine groups is 1. The summed E-state index contributed by atoms with van der Waals surface area (Å²) in [5, 5.41) is 0. The fraction of sp³-hybridized carbons (Fsp3) is 0.400. The molecule has 0 bridgehead atoms. The zero-order valence-corrected chi connectivity index (χ0v) is 4.55. The van der Waals surface area contributed by atoms with Gasteiger partial charge in [-0.05, 0) is 13.0 Å². The van der Waals surface area contributed by atoms with Crippen LogP contribution in [0.3, 0.4) is 0 Å². The molecule has 1 aliphatic rings. The Morgan fingerprint density at radius 1 is 1.88 bits per heavy atom. The van der Waals surface area contributed by atoms with E-state index in [2.05, 4.69) is 10.3 Å². The molecule has 0 amide bonds. The van der Waals surface area contributed by atoms with Crippen molar-refractivity contribution in [2.45, 2.75) is 13.0 Å². The molecule has 1 heterocycles. The number of carbonyl (C=O) groups is 1. The molecule has 0 spiro atoms. The molecule has 1 atom stereocenters. The maximum absolute atomic E-state index is 10.5. The van der Waals surface area contributed by atoms with Crippen molar-refractivity contribution in [3.05, 3.63) is 12.3 Å². The minimum absolute atomic E-state index is 0.0683. The van der Waals surface area contributed by atoms with E-state index in [1.54, 1.807) is 6.08 Å². The molecule has 0 radical (unpaired) electrons. The smallest absolute Gasteiger partial charge is 0.154 e. The standard InChI is InChI=1S/C5H7NO2/c1-4(7)5-2-3-8-6-5/h2-3,5-6H,1H3. The zero-order chi connectivity index (χ0) is 5.98. The Hall–Kier alpha value is -0.830. The van der Waals surface area contributed by atoms with Gasteiger partial charge < -0.3 is 4.84 Å². The molecular formula is C5H7NO2. The maximum atomic E-state index is 10.5. The molecule has 3 nitrogen and oxygen atoms in total. The SMILES string of the molecule is CC(=O)C1C=CON1. The topological polar surface area (TPSA) is 38.3 Å². The van der Waals surface area contributed by atoms with Crippen molar-refractivity contribution in [3.63, 3.8) is 0 Å². The number of nitrogens with one attached hydrogen (secondary N) is 1. The first-order valence-electron chi connectivity index (χ1n) is 2.39. The second-order valence-corrected chi connectivity index (χ2v) is 1.65. The predicted octanol–water partition coefficient (Wildman–Crippen LogP) is -0.00750. The predicted molar refractivity (Wildman–Crippen MR) is 27.8 cm³/mol. The van der Waals surface area contributed by atoms with Gasteiger partial charge in [-0.1, -0.05) is 0 Å². The van der Waals surface area contributed by atoms with E-state index in [4.69, 9.17) is 0 Å². The highest BCUT2D eigenvalue weighted by molar-refractivity contribution is 5.83. The van der Waals surface area contributed by atoms with Crippen LogP contribution in [0.15, 0.2) is 12.3 Å². The largest absolute Gasteiger partial charge is 0.416 e. The molecule has 44 valence electrons.